The molecule has 0 amide bonds. The molecule has 8 heteroatoms. The quantitative estimate of drug-likeness (QED) is 0.834. The van der Waals surface area contributed by atoms with Crippen molar-refractivity contribution in [3.63, 3.8) is 0 Å². The molecule has 0 spiro atoms. The zero-order valence-electron chi connectivity index (χ0n) is 12.9. The summed E-state index contributed by atoms with van der Waals surface area (Å²) in [6.45, 7) is 8.28. The predicted molar refractivity (Wildman–Crippen MR) is 83.1 cm³/mol. The third kappa shape index (κ3) is 3.22. The molecule has 1 aromatic rings. The van der Waals surface area contributed by atoms with Crippen LogP contribution in [-0.2, 0) is 20.8 Å². The fraction of sp³-hybridized carbons (Fsp3) is 0.769. The van der Waals surface area contributed by atoms with Gasteiger partial charge in [-0.25, -0.2) is 13.4 Å². The molecule has 2 unspecified atom stereocenters. The largest absolute Gasteiger partial charge is 0.333 e. The Bertz CT molecular complexity index is 637. The third-order valence-electron chi connectivity index (χ3n) is 3.98. The minimum absolute atomic E-state index is 0.0753. The number of aromatic nitrogens is 2. The van der Waals surface area contributed by atoms with Gasteiger partial charge >= 0.3 is 0 Å². The molecule has 2 atom stereocenters. The van der Waals surface area contributed by atoms with Crippen LogP contribution >= 0.6 is 0 Å². The van der Waals surface area contributed by atoms with Crippen molar-refractivity contribution in [1.29, 1.82) is 0 Å². The molecule has 0 saturated carbocycles. The van der Waals surface area contributed by atoms with E-state index in [9.17, 15) is 12.6 Å². The molecule has 1 aliphatic rings. The Morgan fingerprint density at radius 3 is 2.71 bits per heavy atom. The van der Waals surface area contributed by atoms with Crippen LogP contribution in [-0.4, -0.2) is 50.1 Å². The van der Waals surface area contributed by atoms with Crippen molar-refractivity contribution in [2.45, 2.75) is 49.9 Å². The van der Waals surface area contributed by atoms with Gasteiger partial charge in [-0.3, -0.25) is 4.21 Å². The van der Waals surface area contributed by atoms with Crippen molar-refractivity contribution in [1.82, 2.24) is 13.9 Å². The van der Waals surface area contributed by atoms with Crippen LogP contribution in [0.4, 0.5) is 0 Å². The standard InChI is InChI=1S/C13H23N3O3S2/c1-5-11(2)15-8-12(14-10-15)21(18,19)16-6-7-20(17)13(3,4)9-16/h8,10-11H,5-7,9H2,1-4H3. The number of hydrogen-bond acceptors (Lipinski definition) is 4. The Kier molecular flexibility index (Phi) is 4.60. The summed E-state index contributed by atoms with van der Waals surface area (Å²) < 4.78 is 39.9. The molecule has 0 aromatic carbocycles. The predicted octanol–water partition coefficient (Wildman–Crippen LogP) is 1.39. The lowest BCUT2D eigenvalue weighted by molar-refractivity contribution is 0.377. The van der Waals surface area contributed by atoms with Gasteiger partial charge in [0, 0.05) is 41.9 Å². The first kappa shape index (κ1) is 16.6. The molecule has 21 heavy (non-hydrogen) atoms. The molecule has 0 N–H and O–H groups in total. The van der Waals surface area contributed by atoms with E-state index in [1.165, 1.54) is 4.31 Å². The molecule has 6 nitrogen and oxygen atoms in total. The van der Waals surface area contributed by atoms with E-state index in [4.69, 9.17) is 0 Å². The SMILES string of the molecule is CCC(C)n1cnc(S(=O)(=O)N2CCS(=O)C(C)(C)C2)c1. The Hall–Kier alpha value is -0.730. The Labute approximate surface area is 129 Å². The van der Waals surface area contributed by atoms with Gasteiger partial charge in [-0.1, -0.05) is 6.92 Å². The van der Waals surface area contributed by atoms with E-state index in [0.29, 0.717) is 5.75 Å². The molecule has 2 heterocycles. The number of nitrogens with zero attached hydrogens (tertiary/aromatic N) is 3. The molecule has 0 radical (unpaired) electrons. The fourth-order valence-corrected chi connectivity index (χ4v) is 5.24. The first-order valence-electron chi connectivity index (χ1n) is 7.10. The van der Waals surface area contributed by atoms with Crippen LogP contribution < -0.4 is 0 Å². The minimum atomic E-state index is -3.61. The molecule has 2 rings (SSSR count). The zero-order chi connectivity index (χ0) is 15.8. The second kappa shape index (κ2) is 5.81. The van der Waals surface area contributed by atoms with Gasteiger partial charge in [0.25, 0.3) is 10.0 Å². The highest BCUT2D eigenvalue weighted by Gasteiger charge is 2.39. The van der Waals surface area contributed by atoms with Gasteiger partial charge in [0.15, 0.2) is 5.03 Å². The van der Waals surface area contributed by atoms with Crippen LogP contribution in [0.25, 0.3) is 0 Å². The fourth-order valence-electron chi connectivity index (χ4n) is 2.28. The summed E-state index contributed by atoms with van der Waals surface area (Å²) in [6.07, 6.45) is 4.06. The normalized spacial score (nSPS) is 24.9. The summed E-state index contributed by atoms with van der Waals surface area (Å²) in [5.41, 5.74) is 0. The maximum Gasteiger partial charge on any atom is 0.262 e. The molecule has 1 aromatic heterocycles. The van der Waals surface area contributed by atoms with Crippen molar-refractivity contribution in [3.8, 4) is 0 Å². The summed E-state index contributed by atoms with van der Waals surface area (Å²) >= 11 is 0. The van der Waals surface area contributed by atoms with E-state index in [-0.39, 0.29) is 24.2 Å². The molecule has 0 aliphatic carbocycles. The summed E-state index contributed by atoms with van der Waals surface area (Å²) in [5, 5.41) is 0.0753. The number of hydrogen-bond donors (Lipinski definition) is 0. The summed E-state index contributed by atoms with van der Waals surface area (Å²) in [5.74, 6) is 0.373. The lowest BCUT2D eigenvalue weighted by atomic mass is 10.2. The van der Waals surface area contributed by atoms with Gasteiger partial charge in [-0.2, -0.15) is 4.31 Å². The Balaban J connectivity index is 2.26. The van der Waals surface area contributed by atoms with Gasteiger partial charge in [-0.15, -0.1) is 0 Å². The minimum Gasteiger partial charge on any atom is -0.333 e. The van der Waals surface area contributed by atoms with Gasteiger partial charge in [-0.05, 0) is 27.2 Å². The van der Waals surface area contributed by atoms with Crippen LogP contribution in [0.1, 0.15) is 40.2 Å². The second-order valence-electron chi connectivity index (χ2n) is 6.06. The maximum absolute atomic E-state index is 12.7. The van der Waals surface area contributed by atoms with E-state index in [0.717, 1.165) is 6.42 Å². The van der Waals surface area contributed by atoms with Crippen LogP contribution in [0, 0.1) is 0 Å². The van der Waals surface area contributed by atoms with E-state index in [1.807, 2.05) is 32.3 Å². The molecule has 0 bridgehead atoms. The highest BCUT2D eigenvalue weighted by molar-refractivity contribution is 7.89. The number of rotatable bonds is 4. The van der Waals surface area contributed by atoms with Gasteiger partial charge in [0.05, 0.1) is 11.1 Å². The van der Waals surface area contributed by atoms with Gasteiger partial charge in [0.2, 0.25) is 0 Å². The van der Waals surface area contributed by atoms with E-state index in [1.54, 1.807) is 12.5 Å². The highest BCUT2D eigenvalue weighted by Crippen LogP contribution is 2.25. The summed E-state index contributed by atoms with van der Waals surface area (Å²) in [4.78, 5) is 4.06. The first-order valence-corrected chi connectivity index (χ1v) is 9.86. The average Bonchev–Trinajstić information content (AvgIpc) is 2.91. The van der Waals surface area contributed by atoms with E-state index in [2.05, 4.69) is 4.98 Å². The number of sulfonamides is 1. The Morgan fingerprint density at radius 1 is 1.48 bits per heavy atom. The van der Waals surface area contributed by atoms with Crippen molar-refractivity contribution in [2.75, 3.05) is 18.8 Å². The van der Waals surface area contributed by atoms with Crippen molar-refractivity contribution >= 4 is 20.8 Å². The number of imidazole rings is 1. The van der Waals surface area contributed by atoms with Crippen molar-refractivity contribution in [2.24, 2.45) is 0 Å². The van der Waals surface area contributed by atoms with Crippen molar-refractivity contribution in [3.05, 3.63) is 12.5 Å². The monoisotopic (exact) mass is 333 g/mol. The molecule has 120 valence electrons. The molecular formula is C13H23N3O3S2. The van der Waals surface area contributed by atoms with Crippen LogP contribution in [0.5, 0.6) is 0 Å². The van der Waals surface area contributed by atoms with Gasteiger partial charge in [0.1, 0.15) is 0 Å². The molecule has 1 aliphatic heterocycles. The van der Waals surface area contributed by atoms with Crippen LogP contribution in [0.3, 0.4) is 0 Å². The highest BCUT2D eigenvalue weighted by atomic mass is 32.2. The van der Waals surface area contributed by atoms with E-state index >= 15 is 0 Å². The topological polar surface area (TPSA) is 72.3 Å². The molecule has 1 saturated heterocycles. The lowest BCUT2D eigenvalue weighted by Gasteiger charge is -2.35. The second-order valence-corrected chi connectivity index (χ2v) is 10.2. The maximum atomic E-state index is 12.7. The molecule has 1 fully saturated rings. The van der Waals surface area contributed by atoms with Gasteiger partial charge < -0.3 is 4.57 Å². The summed E-state index contributed by atoms with van der Waals surface area (Å²) in [6, 6.07) is 0.215. The van der Waals surface area contributed by atoms with Crippen LogP contribution in [0.15, 0.2) is 17.6 Å². The van der Waals surface area contributed by atoms with E-state index < -0.39 is 25.6 Å². The average molecular weight is 333 g/mol. The first-order chi connectivity index (χ1) is 9.68. The molecular weight excluding hydrogens is 310 g/mol. The third-order valence-corrected chi connectivity index (χ3v) is 7.63. The lowest BCUT2D eigenvalue weighted by Crippen LogP contribution is -2.52. The Morgan fingerprint density at radius 2 is 2.14 bits per heavy atom. The van der Waals surface area contributed by atoms with Crippen LogP contribution in [0.2, 0.25) is 0 Å². The smallest absolute Gasteiger partial charge is 0.262 e. The zero-order valence-corrected chi connectivity index (χ0v) is 14.6. The summed E-state index contributed by atoms with van der Waals surface area (Å²) in [7, 11) is -4.61. The van der Waals surface area contributed by atoms with Crippen molar-refractivity contribution < 1.29 is 12.6 Å².